The molecule has 0 unspecified atom stereocenters. The van der Waals surface area contributed by atoms with Gasteiger partial charge in [-0.05, 0) is 88.8 Å². The van der Waals surface area contributed by atoms with Gasteiger partial charge in [0.05, 0.1) is 17.2 Å². The van der Waals surface area contributed by atoms with Crippen LogP contribution in [0.3, 0.4) is 0 Å². The minimum atomic E-state index is -0.322. The van der Waals surface area contributed by atoms with Crippen LogP contribution in [0.15, 0.2) is 36.4 Å². The Balaban J connectivity index is 1.73. The molecule has 2 aliphatic rings. The van der Waals surface area contributed by atoms with E-state index in [1.807, 2.05) is 18.2 Å². The van der Waals surface area contributed by atoms with Crippen LogP contribution in [0.2, 0.25) is 0 Å². The Labute approximate surface area is 178 Å². The van der Waals surface area contributed by atoms with Crippen LogP contribution < -0.4 is 9.47 Å². The molecule has 0 bridgehead atoms. The molecule has 0 atom stereocenters. The predicted octanol–water partition coefficient (Wildman–Crippen LogP) is 5.66. The topological polar surface area (TPSA) is 59.3 Å². The number of nitriles is 1. The molecule has 2 aromatic carbocycles. The molecular weight excluding hydrogens is 374 g/mol. The summed E-state index contributed by atoms with van der Waals surface area (Å²) in [4.78, 5) is 13.2. The number of carbonyl (C=O) groups is 1. The molecule has 0 amide bonds. The number of rotatable bonds is 3. The third-order valence-corrected chi connectivity index (χ3v) is 5.87. The fourth-order valence-corrected chi connectivity index (χ4v) is 4.05. The van der Waals surface area contributed by atoms with Gasteiger partial charge in [-0.3, -0.25) is 4.79 Å². The molecule has 0 radical (unpaired) electrons. The molecule has 154 valence electrons. The molecule has 0 fully saturated rings. The van der Waals surface area contributed by atoms with Crippen molar-refractivity contribution in [3.63, 3.8) is 0 Å². The lowest BCUT2D eigenvalue weighted by atomic mass is 9.85. The van der Waals surface area contributed by atoms with E-state index in [0.717, 1.165) is 48.1 Å². The number of aryl methyl sites for hydroxylation is 1. The van der Waals surface area contributed by atoms with Crippen molar-refractivity contribution in [2.24, 2.45) is 0 Å². The van der Waals surface area contributed by atoms with Crippen molar-refractivity contribution in [1.82, 2.24) is 0 Å². The van der Waals surface area contributed by atoms with Crippen molar-refractivity contribution < 1.29 is 14.3 Å². The molecule has 4 heteroatoms. The maximum atomic E-state index is 13.2. The van der Waals surface area contributed by atoms with Crippen molar-refractivity contribution >= 4 is 11.9 Å². The molecule has 0 aromatic heterocycles. The van der Waals surface area contributed by atoms with Crippen LogP contribution >= 0.6 is 0 Å². The summed E-state index contributed by atoms with van der Waals surface area (Å²) in [7, 11) is 0. The summed E-state index contributed by atoms with van der Waals surface area (Å²) in [6.07, 6.45) is 6.89. The maximum Gasteiger partial charge on any atom is 0.189 e. The van der Waals surface area contributed by atoms with Gasteiger partial charge in [-0.25, -0.2) is 0 Å². The Hall–Kier alpha value is -3.06. The van der Waals surface area contributed by atoms with E-state index < -0.39 is 0 Å². The number of hydrogen-bond acceptors (Lipinski definition) is 4. The molecule has 4 nitrogen and oxygen atoms in total. The predicted molar refractivity (Wildman–Crippen MR) is 117 cm³/mol. The van der Waals surface area contributed by atoms with E-state index in [1.165, 1.54) is 0 Å². The minimum Gasteiger partial charge on any atom is -0.487 e. The average Bonchev–Trinajstić information content (AvgIpc) is 2.70. The van der Waals surface area contributed by atoms with Gasteiger partial charge in [0.2, 0.25) is 0 Å². The Morgan fingerprint density at radius 3 is 2.30 bits per heavy atom. The molecule has 2 aliphatic heterocycles. The van der Waals surface area contributed by atoms with Crippen molar-refractivity contribution in [1.29, 1.82) is 5.26 Å². The van der Waals surface area contributed by atoms with Crippen molar-refractivity contribution in [2.75, 3.05) is 0 Å². The zero-order valence-electron chi connectivity index (χ0n) is 18.0. The fourth-order valence-electron chi connectivity index (χ4n) is 4.05. The number of ether oxygens (including phenoxy) is 2. The molecule has 2 aromatic rings. The first-order chi connectivity index (χ1) is 14.2. The second-order valence-corrected chi connectivity index (χ2v) is 9.37. The van der Waals surface area contributed by atoms with Crippen molar-refractivity contribution in [3.05, 3.63) is 64.2 Å². The molecule has 0 aliphatic carbocycles. The van der Waals surface area contributed by atoms with Crippen LogP contribution in [-0.2, 0) is 12.8 Å². The summed E-state index contributed by atoms with van der Waals surface area (Å²) in [5.74, 6) is 1.49. The van der Waals surface area contributed by atoms with Crippen LogP contribution in [0.25, 0.3) is 6.08 Å². The SMILES string of the molecule is CC1(C)CCc2cc(C(=O)/C=C/c3ccc(C#N)cc3)c3c(c2O1)CCC(C)(C)O3. The minimum absolute atomic E-state index is 0.0825. The third kappa shape index (κ3) is 3.98. The quantitative estimate of drug-likeness (QED) is 0.492. The highest BCUT2D eigenvalue weighted by atomic mass is 16.5. The van der Waals surface area contributed by atoms with Gasteiger partial charge < -0.3 is 9.47 Å². The summed E-state index contributed by atoms with van der Waals surface area (Å²) in [5, 5.41) is 8.93. The Morgan fingerprint density at radius 2 is 1.63 bits per heavy atom. The lowest BCUT2D eigenvalue weighted by molar-refractivity contribution is 0.0655. The largest absolute Gasteiger partial charge is 0.487 e. The van der Waals surface area contributed by atoms with Gasteiger partial charge in [0.1, 0.15) is 22.7 Å². The van der Waals surface area contributed by atoms with Crippen molar-refractivity contribution in [3.8, 4) is 17.6 Å². The summed E-state index contributed by atoms with van der Waals surface area (Å²) in [5.41, 5.74) is 3.65. The van der Waals surface area contributed by atoms with Crippen LogP contribution in [0.1, 0.15) is 73.1 Å². The number of nitrogens with zero attached hydrogens (tertiary/aromatic N) is 1. The first-order valence-electron chi connectivity index (χ1n) is 10.5. The van der Waals surface area contributed by atoms with Crippen molar-refractivity contribution in [2.45, 2.75) is 64.6 Å². The monoisotopic (exact) mass is 401 g/mol. The molecular formula is C26H27NO3. The number of hydrogen-bond donors (Lipinski definition) is 0. The van der Waals surface area contributed by atoms with Gasteiger partial charge in [0.15, 0.2) is 5.78 Å². The van der Waals surface area contributed by atoms with Crippen LogP contribution in [0, 0.1) is 11.3 Å². The highest BCUT2D eigenvalue weighted by molar-refractivity contribution is 6.09. The van der Waals surface area contributed by atoms with E-state index >= 15 is 0 Å². The maximum absolute atomic E-state index is 13.2. The second kappa shape index (κ2) is 7.32. The number of carbonyl (C=O) groups excluding carboxylic acids is 1. The normalized spacial score (nSPS) is 18.5. The van der Waals surface area contributed by atoms with Crippen LogP contribution in [-0.4, -0.2) is 17.0 Å². The van der Waals surface area contributed by atoms with Gasteiger partial charge in [-0.1, -0.05) is 18.2 Å². The van der Waals surface area contributed by atoms with Gasteiger partial charge in [-0.2, -0.15) is 5.26 Å². The van der Waals surface area contributed by atoms with E-state index in [-0.39, 0.29) is 17.0 Å². The van der Waals surface area contributed by atoms with E-state index in [1.54, 1.807) is 24.3 Å². The Bertz CT molecular complexity index is 1070. The zero-order valence-corrected chi connectivity index (χ0v) is 18.0. The summed E-state index contributed by atoms with van der Waals surface area (Å²) in [6, 6.07) is 11.2. The first-order valence-corrected chi connectivity index (χ1v) is 10.5. The summed E-state index contributed by atoms with van der Waals surface area (Å²) < 4.78 is 12.7. The third-order valence-electron chi connectivity index (χ3n) is 5.87. The smallest absolute Gasteiger partial charge is 0.189 e. The molecule has 0 saturated carbocycles. The highest BCUT2D eigenvalue weighted by Gasteiger charge is 2.36. The van der Waals surface area contributed by atoms with Gasteiger partial charge >= 0.3 is 0 Å². The van der Waals surface area contributed by atoms with E-state index in [4.69, 9.17) is 14.7 Å². The van der Waals surface area contributed by atoms with Gasteiger partial charge in [0.25, 0.3) is 0 Å². The van der Waals surface area contributed by atoms with Gasteiger partial charge in [0, 0.05) is 5.56 Å². The highest BCUT2D eigenvalue weighted by Crippen LogP contribution is 2.46. The first kappa shape index (κ1) is 20.2. The fraction of sp³-hybridized carbons (Fsp3) is 0.385. The number of ketones is 1. The van der Waals surface area contributed by atoms with E-state index in [9.17, 15) is 4.79 Å². The standard InChI is InChI=1S/C26H27NO3/c1-25(2)13-11-19-15-21(22(28)10-9-17-5-7-18(16-27)8-6-17)24-20(23(19)29-25)12-14-26(3,4)30-24/h5-10,15H,11-14H2,1-4H3/b10-9+. The molecule has 0 N–H and O–H groups in total. The summed E-state index contributed by atoms with van der Waals surface area (Å²) in [6.45, 7) is 8.33. The molecule has 30 heavy (non-hydrogen) atoms. The van der Waals surface area contributed by atoms with Crippen LogP contribution in [0.5, 0.6) is 11.5 Å². The number of benzene rings is 2. The number of allylic oxidation sites excluding steroid dienone is 1. The molecule has 2 heterocycles. The van der Waals surface area contributed by atoms with Crippen LogP contribution in [0.4, 0.5) is 0 Å². The molecule has 0 spiro atoms. The van der Waals surface area contributed by atoms with E-state index in [2.05, 4.69) is 33.8 Å². The molecule has 0 saturated heterocycles. The lowest BCUT2D eigenvalue weighted by Gasteiger charge is -2.39. The Morgan fingerprint density at radius 1 is 1.00 bits per heavy atom. The van der Waals surface area contributed by atoms with E-state index in [0.29, 0.717) is 16.9 Å². The average molecular weight is 402 g/mol. The van der Waals surface area contributed by atoms with Gasteiger partial charge in [-0.15, -0.1) is 0 Å². The Kier molecular flexibility index (Phi) is 4.94. The molecule has 4 rings (SSSR count). The lowest BCUT2D eigenvalue weighted by Crippen LogP contribution is -2.37. The second-order valence-electron chi connectivity index (χ2n) is 9.37. The summed E-state index contributed by atoms with van der Waals surface area (Å²) >= 11 is 0. The zero-order chi connectivity index (χ0) is 21.5. The number of fused-ring (bicyclic) bond motifs is 3.